The van der Waals surface area contributed by atoms with Crippen LogP contribution in [0.25, 0.3) is 17.2 Å². The summed E-state index contributed by atoms with van der Waals surface area (Å²) in [4.78, 5) is 16.6. The molecular weight excluding hydrogens is 389 g/mol. The Balaban J connectivity index is 1.58. The van der Waals surface area contributed by atoms with E-state index in [9.17, 15) is 9.18 Å². The number of nitrogens with zero attached hydrogens (tertiary/aromatic N) is 4. The summed E-state index contributed by atoms with van der Waals surface area (Å²) >= 11 is 1.22. The number of anilines is 1. The van der Waals surface area contributed by atoms with Gasteiger partial charge in [0.15, 0.2) is 11.0 Å². The van der Waals surface area contributed by atoms with E-state index in [1.165, 1.54) is 23.9 Å². The van der Waals surface area contributed by atoms with E-state index in [-0.39, 0.29) is 17.3 Å². The SMILES string of the molecule is O=C(CSc1nnc(-c2ccccn2)n1-c1ccccc1)Nc1ccccc1F. The third-order valence-electron chi connectivity index (χ3n) is 4.02. The number of carbonyl (C=O) groups is 1. The van der Waals surface area contributed by atoms with Crippen LogP contribution < -0.4 is 5.32 Å². The first-order chi connectivity index (χ1) is 14.2. The van der Waals surface area contributed by atoms with Crippen molar-refractivity contribution in [1.29, 1.82) is 0 Å². The van der Waals surface area contributed by atoms with Gasteiger partial charge in [-0.05, 0) is 36.4 Å². The van der Waals surface area contributed by atoms with Crippen molar-refractivity contribution in [2.75, 3.05) is 11.1 Å². The first-order valence-corrected chi connectivity index (χ1v) is 9.80. The van der Waals surface area contributed by atoms with Gasteiger partial charge < -0.3 is 5.32 Å². The highest BCUT2D eigenvalue weighted by molar-refractivity contribution is 7.99. The van der Waals surface area contributed by atoms with Crippen molar-refractivity contribution in [2.45, 2.75) is 5.16 Å². The fraction of sp³-hybridized carbons (Fsp3) is 0.0476. The Hall–Kier alpha value is -3.52. The minimum atomic E-state index is -0.476. The van der Waals surface area contributed by atoms with E-state index in [0.29, 0.717) is 16.7 Å². The van der Waals surface area contributed by atoms with E-state index in [1.54, 1.807) is 18.3 Å². The molecule has 0 unspecified atom stereocenters. The number of hydrogen-bond donors (Lipinski definition) is 1. The normalized spacial score (nSPS) is 10.7. The van der Waals surface area contributed by atoms with Gasteiger partial charge in [0.25, 0.3) is 0 Å². The van der Waals surface area contributed by atoms with Crippen LogP contribution in [0.2, 0.25) is 0 Å². The number of hydrogen-bond acceptors (Lipinski definition) is 5. The van der Waals surface area contributed by atoms with Gasteiger partial charge in [0, 0.05) is 11.9 Å². The van der Waals surface area contributed by atoms with Gasteiger partial charge in [-0.2, -0.15) is 0 Å². The van der Waals surface area contributed by atoms with E-state index in [2.05, 4.69) is 20.5 Å². The van der Waals surface area contributed by atoms with Crippen molar-refractivity contribution in [3.63, 3.8) is 0 Å². The molecule has 2 aromatic heterocycles. The Labute approximate surface area is 170 Å². The van der Waals surface area contributed by atoms with Crippen LogP contribution >= 0.6 is 11.8 Å². The second-order valence-electron chi connectivity index (χ2n) is 6.01. The molecule has 0 aliphatic heterocycles. The van der Waals surface area contributed by atoms with Crippen molar-refractivity contribution in [2.24, 2.45) is 0 Å². The summed E-state index contributed by atoms with van der Waals surface area (Å²) in [6.07, 6.45) is 1.69. The zero-order chi connectivity index (χ0) is 20.1. The average Bonchev–Trinajstić information content (AvgIpc) is 3.19. The predicted octanol–water partition coefficient (Wildman–Crippen LogP) is 4.20. The van der Waals surface area contributed by atoms with Gasteiger partial charge in [-0.15, -0.1) is 10.2 Å². The summed E-state index contributed by atoms with van der Waals surface area (Å²) in [6, 6.07) is 21.2. The van der Waals surface area contributed by atoms with Gasteiger partial charge in [-0.1, -0.05) is 48.2 Å². The smallest absolute Gasteiger partial charge is 0.234 e. The maximum atomic E-state index is 13.7. The topological polar surface area (TPSA) is 72.7 Å². The Morgan fingerprint density at radius 3 is 2.48 bits per heavy atom. The van der Waals surface area contributed by atoms with Crippen LogP contribution in [0.5, 0.6) is 0 Å². The number of nitrogens with one attached hydrogen (secondary N) is 1. The van der Waals surface area contributed by atoms with Crippen LogP contribution in [0, 0.1) is 5.82 Å². The van der Waals surface area contributed by atoms with Crippen molar-refractivity contribution in [1.82, 2.24) is 19.7 Å². The molecule has 29 heavy (non-hydrogen) atoms. The summed E-state index contributed by atoms with van der Waals surface area (Å²) < 4.78 is 15.6. The Morgan fingerprint density at radius 1 is 0.966 bits per heavy atom. The van der Waals surface area contributed by atoms with E-state index in [0.717, 1.165) is 5.69 Å². The quantitative estimate of drug-likeness (QED) is 0.487. The number of rotatable bonds is 6. The summed E-state index contributed by atoms with van der Waals surface area (Å²) in [6.45, 7) is 0. The predicted molar refractivity (Wildman–Crippen MR) is 110 cm³/mol. The van der Waals surface area contributed by atoms with Crippen LogP contribution in [-0.4, -0.2) is 31.4 Å². The third kappa shape index (κ3) is 4.33. The van der Waals surface area contributed by atoms with Crippen LogP contribution in [0.4, 0.5) is 10.1 Å². The molecule has 0 fully saturated rings. The number of halogens is 1. The fourth-order valence-electron chi connectivity index (χ4n) is 2.71. The van der Waals surface area contributed by atoms with Gasteiger partial charge >= 0.3 is 0 Å². The molecule has 8 heteroatoms. The summed E-state index contributed by atoms with van der Waals surface area (Å²) in [7, 11) is 0. The first-order valence-electron chi connectivity index (χ1n) is 8.82. The zero-order valence-electron chi connectivity index (χ0n) is 15.2. The molecular formula is C21H16FN5OS. The molecule has 0 spiro atoms. The molecule has 0 atom stereocenters. The zero-order valence-corrected chi connectivity index (χ0v) is 16.0. The summed E-state index contributed by atoms with van der Waals surface area (Å²) in [5, 5.41) is 11.6. The molecule has 1 N–H and O–H groups in total. The second kappa shape index (κ2) is 8.66. The van der Waals surface area contributed by atoms with Crippen LogP contribution in [-0.2, 0) is 4.79 Å². The Kier molecular flexibility index (Phi) is 5.62. The van der Waals surface area contributed by atoms with Gasteiger partial charge in [0.2, 0.25) is 5.91 Å². The minimum Gasteiger partial charge on any atom is -0.323 e. The van der Waals surface area contributed by atoms with Crippen molar-refractivity contribution in [3.8, 4) is 17.2 Å². The third-order valence-corrected chi connectivity index (χ3v) is 4.95. The first kappa shape index (κ1) is 18.8. The summed E-state index contributed by atoms with van der Waals surface area (Å²) in [5.74, 6) is -0.173. The maximum Gasteiger partial charge on any atom is 0.234 e. The highest BCUT2D eigenvalue weighted by Gasteiger charge is 2.18. The molecule has 6 nitrogen and oxygen atoms in total. The molecule has 1 amide bonds. The van der Waals surface area contributed by atoms with Gasteiger partial charge in [0.1, 0.15) is 11.5 Å². The number of carbonyl (C=O) groups excluding carboxylic acids is 1. The molecule has 0 radical (unpaired) electrons. The molecule has 0 saturated carbocycles. The van der Waals surface area contributed by atoms with Gasteiger partial charge in [-0.3, -0.25) is 14.3 Å². The molecule has 4 aromatic rings. The lowest BCUT2D eigenvalue weighted by Crippen LogP contribution is -2.15. The fourth-order valence-corrected chi connectivity index (χ4v) is 3.47. The lowest BCUT2D eigenvalue weighted by atomic mass is 10.3. The molecule has 144 valence electrons. The van der Waals surface area contributed by atoms with Crippen molar-refractivity contribution in [3.05, 3.63) is 84.8 Å². The summed E-state index contributed by atoms with van der Waals surface area (Å²) in [5.41, 5.74) is 1.68. The van der Waals surface area contributed by atoms with E-state index >= 15 is 0 Å². The lowest BCUT2D eigenvalue weighted by Gasteiger charge is -2.10. The largest absolute Gasteiger partial charge is 0.323 e. The van der Waals surface area contributed by atoms with E-state index in [4.69, 9.17) is 0 Å². The minimum absolute atomic E-state index is 0.0571. The highest BCUT2D eigenvalue weighted by atomic mass is 32.2. The maximum absolute atomic E-state index is 13.7. The Bertz CT molecular complexity index is 1120. The van der Waals surface area contributed by atoms with Gasteiger partial charge in [-0.25, -0.2) is 4.39 Å². The van der Waals surface area contributed by atoms with Gasteiger partial charge in [0.05, 0.1) is 11.4 Å². The monoisotopic (exact) mass is 405 g/mol. The van der Waals surface area contributed by atoms with Crippen LogP contribution in [0.3, 0.4) is 0 Å². The van der Waals surface area contributed by atoms with E-state index in [1.807, 2.05) is 53.1 Å². The molecule has 0 bridgehead atoms. The number of benzene rings is 2. The van der Waals surface area contributed by atoms with E-state index < -0.39 is 5.82 Å². The van der Waals surface area contributed by atoms with Crippen molar-refractivity contribution < 1.29 is 9.18 Å². The number of para-hydroxylation sites is 2. The standard InChI is InChI=1S/C21H16FN5OS/c22-16-10-4-5-11-17(16)24-19(28)14-29-21-26-25-20(18-12-6-7-13-23-18)27(21)15-8-2-1-3-9-15/h1-13H,14H2,(H,24,28). The van der Waals surface area contributed by atoms with Crippen LogP contribution in [0.1, 0.15) is 0 Å². The molecule has 4 rings (SSSR count). The number of pyridine rings is 1. The molecule has 0 aliphatic rings. The number of aromatic nitrogens is 4. The number of amides is 1. The lowest BCUT2D eigenvalue weighted by molar-refractivity contribution is -0.113. The molecule has 0 aliphatic carbocycles. The highest BCUT2D eigenvalue weighted by Crippen LogP contribution is 2.27. The van der Waals surface area contributed by atoms with Crippen LogP contribution in [0.15, 0.2) is 84.1 Å². The Morgan fingerprint density at radius 2 is 1.72 bits per heavy atom. The van der Waals surface area contributed by atoms with Crippen molar-refractivity contribution >= 4 is 23.4 Å². The average molecular weight is 405 g/mol. The molecule has 2 aromatic carbocycles. The second-order valence-corrected chi connectivity index (χ2v) is 6.95. The molecule has 2 heterocycles. The molecule has 0 saturated heterocycles. The number of thioether (sulfide) groups is 1.